The number of aromatic nitrogens is 1. The predicted molar refractivity (Wildman–Crippen MR) is 115 cm³/mol. The average molecular weight is 449 g/mol. The number of benzene rings is 1. The average Bonchev–Trinajstić information content (AvgIpc) is 2.74. The molecule has 0 unspecified atom stereocenters. The predicted octanol–water partition coefficient (Wildman–Crippen LogP) is 1.77. The summed E-state index contributed by atoms with van der Waals surface area (Å²) in [5.41, 5.74) is 0.530. The third-order valence-corrected chi connectivity index (χ3v) is 7.34. The molecule has 1 aromatic heterocycles. The third kappa shape index (κ3) is 4.52. The molecule has 1 aliphatic heterocycles. The number of aryl methyl sites for hydroxylation is 1. The van der Waals surface area contributed by atoms with E-state index in [-0.39, 0.29) is 17.1 Å². The van der Waals surface area contributed by atoms with Gasteiger partial charge in [-0.05, 0) is 36.6 Å². The van der Waals surface area contributed by atoms with Crippen LogP contribution >= 0.6 is 0 Å². The second-order valence-electron chi connectivity index (χ2n) is 7.14. The Balaban J connectivity index is 1.90. The van der Waals surface area contributed by atoms with Gasteiger partial charge in [-0.3, -0.25) is 24.3 Å². The molecule has 0 bridgehead atoms. The van der Waals surface area contributed by atoms with Crippen LogP contribution in [0, 0.1) is 10.1 Å². The molecule has 0 spiro atoms. The number of fused-ring (bicyclic) bond motifs is 1. The van der Waals surface area contributed by atoms with Gasteiger partial charge in [-0.25, -0.2) is 8.42 Å². The Labute approximate surface area is 179 Å². The van der Waals surface area contributed by atoms with Gasteiger partial charge in [0.1, 0.15) is 6.54 Å². The van der Waals surface area contributed by atoms with E-state index in [4.69, 9.17) is 0 Å². The molecule has 0 aliphatic carbocycles. The van der Waals surface area contributed by atoms with Gasteiger partial charge in [-0.1, -0.05) is 13.8 Å². The Morgan fingerprint density at radius 2 is 1.90 bits per heavy atom. The molecule has 0 fully saturated rings. The highest BCUT2D eigenvalue weighted by Crippen LogP contribution is 2.30. The van der Waals surface area contributed by atoms with Gasteiger partial charge in [0.2, 0.25) is 15.9 Å². The first kappa shape index (κ1) is 22.6. The highest BCUT2D eigenvalue weighted by atomic mass is 32.2. The van der Waals surface area contributed by atoms with Gasteiger partial charge in [-0.15, -0.1) is 0 Å². The lowest BCUT2D eigenvalue weighted by Gasteiger charge is -2.30. The highest BCUT2D eigenvalue weighted by molar-refractivity contribution is 7.89. The zero-order valence-corrected chi connectivity index (χ0v) is 18.2. The van der Waals surface area contributed by atoms with Crippen molar-refractivity contribution < 1.29 is 18.1 Å². The van der Waals surface area contributed by atoms with Crippen LogP contribution in [0.15, 0.2) is 46.2 Å². The zero-order valence-electron chi connectivity index (χ0n) is 17.4. The number of hydrogen-bond donors (Lipinski definition) is 0. The van der Waals surface area contributed by atoms with Crippen molar-refractivity contribution in [1.82, 2.24) is 8.87 Å². The maximum Gasteiger partial charge on any atom is 0.285 e. The lowest BCUT2D eigenvalue weighted by molar-refractivity contribution is -0.385. The Morgan fingerprint density at radius 3 is 2.55 bits per heavy atom. The summed E-state index contributed by atoms with van der Waals surface area (Å²) in [5.74, 6) is -0.400. The molecule has 3 rings (SSSR count). The van der Waals surface area contributed by atoms with Gasteiger partial charge in [0.15, 0.2) is 0 Å². The molecular formula is C20H24N4O6S. The number of carbonyl (C=O) groups excluding carboxylic acids is 1. The summed E-state index contributed by atoms with van der Waals surface area (Å²) in [7, 11) is -3.62. The lowest BCUT2D eigenvalue weighted by atomic mass is 10.0. The zero-order chi connectivity index (χ0) is 22.8. The van der Waals surface area contributed by atoms with Crippen LogP contribution in [0.1, 0.15) is 25.8 Å². The minimum atomic E-state index is -3.62. The van der Waals surface area contributed by atoms with Crippen molar-refractivity contribution >= 4 is 27.3 Å². The topological polar surface area (TPSA) is 123 Å². The Hall–Kier alpha value is -3.05. The first-order chi connectivity index (χ1) is 14.7. The standard InChI is InChI=1S/C20H24N4O6S/c1-3-22(4-2)31(29,30)17-8-9-18-15(12-17)6-5-11-23(18)20(26)14-21-13-16(24(27)28)7-10-19(21)25/h7-10,12-13H,3-6,11,14H2,1-2H3. The van der Waals surface area contributed by atoms with Gasteiger partial charge in [0, 0.05) is 37.5 Å². The molecule has 11 heteroatoms. The summed E-state index contributed by atoms with van der Waals surface area (Å²) in [6.07, 6.45) is 2.31. The van der Waals surface area contributed by atoms with Crippen LogP contribution in [0.3, 0.4) is 0 Å². The lowest BCUT2D eigenvalue weighted by Crippen LogP contribution is -2.39. The van der Waals surface area contributed by atoms with E-state index in [9.17, 15) is 28.1 Å². The fourth-order valence-corrected chi connectivity index (χ4v) is 5.20. The molecule has 166 valence electrons. The molecule has 31 heavy (non-hydrogen) atoms. The number of nitrogens with zero attached hydrogens (tertiary/aromatic N) is 4. The summed E-state index contributed by atoms with van der Waals surface area (Å²) in [5, 5.41) is 11.0. The van der Waals surface area contributed by atoms with E-state index >= 15 is 0 Å². The quantitative estimate of drug-likeness (QED) is 0.470. The number of carbonyl (C=O) groups is 1. The van der Waals surface area contributed by atoms with Crippen LogP contribution in [-0.4, -0.2) is 47.8 Å². The van der Waals surface area contributed by atoms with E-state index < -0.39 is 26.4 Å². The number of nitro groups is 1. The minimum absolute atomic E-state index is 0.180. The number of anilines is 1. The molecule has 2 heterocycles. The van der Waals surface area contributed by atoms with Crippen molar-refractivity contribution in [2.45, 2.75) is 38.1 Å². The molecule has 0 N–H and O–H groups in total. The molecule has 0 saturated heterocycles. The minimum Gasteiger partial charge on any atom is -0.311 e. The van der Waals surface area contributed by atoms with Crippen LogP contribution < -0.4 is 10.5 Å². The molecule has 2 aromatic rings. The molecule has 0 atom stereocenters. The normalized spacial score (nSPS) is 13.8. The number of rotatable bonds is 7. The molecule has 0 saturated carbocycles. The smallest absolute Gasteiger partial charge is 0.285 e. The summed E-state index contributed by atoms with van der Waals surface area (Å²) in [4.78, 5) is 37.0. The monoisotopic (exact) mass is 448 g/mol. The summed E-state index contributed by atoms with van der Waals surface area (Å²) in [6.45, 7) is 4.33. The van der Waals surface area contributed by atoms with Gasteiger partial charge in [0.25, 0.3) is 11.2 Å². The van der Waals surface area contributed by atoms with Crippen molar-refractivity contribution in [3.8, 4) is 0 Å². The van der Waals surface area contributed by atoms with Crippen LogP contribution in [0.25, 0.3) is 0 Å². The summed E-state index contributed by atoms with van der Waals surface area (Å²) in [6, 6.07) is 6.84. The van der Waals surface area contributed by atoms with Gasteiger partial charge < -0.3 is 4.90 Å². The second-order valence-corrected chi connectivity index (χ2v) is 9.08. The van der Waals surface area contributed by atoms with Gasteiger partial charge >= 0.3 is 0 Å². The summed E-state index contributed by atoms with van der Waals surface area (Å²) < 4.78 is 28.0. The number of hydrogen-bond acceptors (Lipinski definition) is 6. The highest BCUT2D eigenvalue weighted by Gasteiger charge is 2.27. The van der Waals surface area contributed by atoms with Crippen LogP contribution in [0.4, 0.5) is 11.4 Å². The van der Waals surface area contributed by atoms with Crippen LogP contribution in [-0.2, 0) is 27.8 Å². The molecule has 10 nitrogen and oxygen atoms in total. The fraction of sp³-hybridized carbons (Fsp3) is 0.400. The second kappa shape index (κ2) is 8.98. The van der Waals surface area contributed by atoms with Crippen molar-refractivity contribution in [2.24, 2.45) is 0 Å². The van der Waals surface area contributed by atoms with Crippen molar-refractivity contribution in [3.63, 3.8) is 0 Å². The van der Waals surface area contributed by atoms with E-state index in [1.54, 1.807) is 26.0 Å². The van der Waals surface area contributed by atoms with E-state index in [1.165, 1.54) is 15.3 Å². The SMILES string of the molecule is CCN(CC)S(=O)(=O)c1ccc2c(c1)CCCN2C(=O)Cn1cc([N+](=O)[O-])ccc1=O. The molecule has 1 aromatic carbocycles. The first-order valence-corrected chi connectivity index (χ1v) is 11.4. The Morgan fingerprint density at radius 1 is 1.19 bits per heavy atom. The first-order valence-electron chi connectivity index (χ1n) is 9.97. The fourth-order valence-electron chi connectivity index (χ4n) is 3.69. The molecular weight excluding hydrogens is 424 g/mol. The van der Waals surface area contributed by atoms with Crippen molar-refractivity contribution in [2.75, 3.05) is 24.5 Å². The number of sulfonamides is 1. The van der Waals surface area contributed by atoms with E-state index in [1.807, 2.05) is 0 Å². The molecule has 1 aliphatic rings. The molecule has 1 amide bonds. The Bertz CT molecular complexity index is 1170. The van der Waals surface area contributed by atoms with Crippen molar-refractivity contribution in [3.05, 3.63) is 62.6 Å². The Kier molecular flexibility index (Phi) is 6.56. The third-order valence-electron chi connectivity index (χ3n) is 5.30. The van der Waals surface area contributed by atoms with Crippen LogP contribution in [0.2, 0.25) is 0 Å². The largest absolute Gasteiger partial charge is 0.311 e. The van der Waals surface area contributed by atoms with E-state index in [0.717, 1.165) is 28.5 Å². The van der Waals surface area contributed by atoms with Crippen molar-refractivity contribution in [1.29, 1.82) is 0 Å². The van der Waals surface area contributed by atoms with Gasteiger partial charge in [0.05, 0.1) is 16.0 Å². The van der Waals surface area contributed by atoms with E-state index in [2.05, 4.69) is 0 Å². The summed E-state index contributed by atoms with van der Waals surface area (Å²) >= 11 is 0. The van der Waals surface area contributed by atoms with E-state index in [0.29, 0.717) is 38.2 Å². The van der Waals surface area contributed by atoms with Gasteiger partial charge in [-0.2, -0.15) is 4.31 Å². The van der Waals surface area contributed by atoms with Crippen LogP contribution in [0.5, 0.6) is 0 Å². The maximum absolute atomic E-state index is 12.9. The number of amides is 1. The molecule has 0 radical (unpaired) electrons. The maximum atomic E-state index is 12.9. The number of pyridine rings is 1.